The standard InChI is InChI=1S/C37H58N4.2ClH.Ru/c1-6-16-30(17-7-1)35(36-38(31-18-8-2-9-19-31)26-27-39(36)32-20-10-3-11-21-32)37-40(33-22-12-4-13-23-33)28-29-41(37)34-24-14-5-15-25-34;;;/h1,6-7,16-17,31-35H,2-5,8-15,18-29H2;2*1H;/q-2;;;+4/p-2. The molecule has 0 amide bonds. The van der Waals surface area contributed by atoms with Crippen LogP contribution in [0, 0.1) is 12.3 Å². The van der Waals surface area contributed by atoms with Gasteiger partial charge in [-0.05, 0) is 102 Å². The second kappa shape index (κ2) is 18.1. The van der Waals surface area contributed by atoms with Crippen molar-refractivity contribution in [2.24, 2.45) is 0 Å². The third-order valence-corrected chi connectivity index (χ3v) is 12.1. The van der Waals surface area contributed by atoms with Crippen LogP contribution in [0.4, 0.5) is 0 Å². The summed E-state index contributed by atoms with van der Waals surface area (Å²) in [5.74, 6) is 0.383. The summed E-state index contributed by atoms with van der Waals surface area (Å²) >= 11 is 0. The molecular weight excluding hydrogens is 672 g/mol. The molecule has 7 rings (SSSR count). The molecule has 248 valence electrons. The zero-order chi connectivity index (χ0) is 27.4. The molecule has 1 aromatic carbocycles. The normalized spacial score (nSPS) is 27.3. The van der Waals surface area contributed by atoms with Crippen molar-refractivity contribution < 1.29 is 44.3 Å². The fraction of sp³-hybridized carbons (Fsp3) is 0.784. The zero-order valence-corrected chi connectivity index (χ0v) is 30.4. The van der Waals surface area contributed by atoms with Gasteiger partial charge in [-0.25, -0.2) is 18.2 Å². The van der Waals surface area contributed by atoms with Crippen LogP contribution >= 0.6 is 0 Å². The zero-order valence-electron chi connectivity index (χ0n) is 27.1. The van der Waals surface area contributed by atoms with Gasteiger partial charge in [0.05, 0.1) is 0 Å². The van der Waals surface area contributed by atoms with Gasteiger partial charge in [0.2, 0.25) is 0 Å². The van der Waals surface area contributed by atoms with E-state index in [1.54, 1.807) is 17.9 Å². The predicted octanol–water partition coefficient (Wildman–Crippen LogP) is 2.32. The average molecular weight is 731 g/mol. The summed E-state index contributed by atoms with van der Waals surface area (Å²) < 4.78 is 0. The van der Waals surface area contributed by atoms with E-state index < -0.39 is 0 Å². The molecule has 4 nitrogen and oxygen atoms in total. The molecule has 0 atom stereocenters. The van der Waals surface area contributed by atoms with Crippen molar-refractivity contribution in [1.29, 1.82) is 0 Å². The molecule has 6 aliphatic rings. The monoisotopic (exact) mass is 730 g/mol. The molecule has 2 saturated heterocycles. The van der Waals surface area contributed by atoms with E-state index >= 15 is 0 Å². The Hall–Kier alpha value is 0.263. The van der Waals surface area contributed by atoms with Gasteiger partial charge in [-0.1, -0.05) is 113 Å². The van der Waals surface area contributed by atoms with E-state index in [0.717, 1.165) is 24.2 Å². The molecule has 0 radical (unpaired) electrons. The summed E-state index contributed by atoms with van der Waals surface area (Å²) in [6.07, 6.45) is 31.8. The van der Waals surface area contributed by atoms with Gasteiger partial charge in [0, 0.05) is 0 Å². The maximum atomic E-state index is 3.01. The van der Waals surface area contributed by atoms with Gasteiger partial charge in [0.25, 0.3) is 0 Å². The summed E-state index contributed by atoms with van der Waals surface area (Å²) in [6, 6.07) is 14.9. The van der Waals surface area contributed by atoms with Gasteiger partial charge in [-0.2, -0.15) is 0 Å². The fourth-order valence-electron chi connectivity index (χ4n) is 9.99. The molecule has 0 spiro atoms. The van der Waals surface area contributed by atoms with E-state index in [4.69, 9.17) is 0 Å². The van der Waals surface area contributed by atoms with Crippen LogP contribution in [0.2, 0.25) is 0 Å². The summed E-state index contributed by atoms with van der Waals surface area (Å²) in [5, 5.41) is 0. The predicted molar refractivity (Wildman–Crippen MR) is 170 cm³/mol. The Morgan fingerprint density at radius 3 is 0.977 bits per heavy atom. The Morgan fingerprint density at radius 2 is 0.705 bits per heavy atom. The fourth-order valence-corrected chi connectivity index (χ4v) is 9.99. The third kappa shape index (κ3) is 8.10. The van der Waals surface area contributed by atoms with Crippen molar-refractivity contribution in [2.75, 3.05) is 26.2 Å². The van der Waals surface area contributed by atoms with Gasteiger partial charge in [0.1, 0.15) is 0 Å². The second-order valence-electron chi connectivity index (χ2n) is 14.5. The first-order valence-corrected chi connectivity index (χ1v) is 18.2. The smallest absolute Gasteiger partial charge is 1.00 e. The Labute approximate surface area is 295 Å². The quantitative estimate of drug-likeness (QED) is 0.316. The minimum absolute atomic E-state index is 0. The maximum Gasteiger partial charge on any atom is 4.00 e. The topological polar surface area (TPSA) is 13.0 Å². The van der Waals surface area contributed by atoms with E-state index in [1.165, 1.54) is 155 Å². The first-order chi connectivity index (χ1) is 20.4. The van der Waals surface area contributed by atoms with Gasteiger partial charge in [0.15, 0.2) is 0 Å². The van der Waals surface area contributed by atoms with Crippen LogP contribution in [0.5, 0.6) is 0 Å². The SMILES string of the molecule is [Cl-].[Cl-].[Ru+4].c1ccc(C([C-]2N(C3CCCCC3)CCN2C2CCCCC2)[C-]2N(C3CCCCC3)CCN2C2CCCCC2)cc1. The molecule has 0 bridgehead atoms. The molecule has 2 heterocycles. The maximum absolute atomic E-state index is 3.01. The van der Waals surface area contributed by atoms with Crippen molar-refractivity contribution in [2.45, 2.75) is 159 Å². The number of nitrogens with zero attached hydrogens (tertiary/aromatic N) is 4. The van der Waals surface area contributed by atoms with E-state index in [1.807, 2.05) is 0 Å². The van der Waals surface area contributed by atoms with Crippen LogP contribution in [0.15, 0.2) is 30.3 Å². The van der Waals surface area contributed by atoms with Crippen LogP contribution < -0.4 is 24.8 Å². The van der Waals surface area contributed by atoms with Crippen molar-refractivity contribution in [3.05, 3.63) is 48.2 Å². The molecule has 44 heavy (non-hydrogen) atoms. The van der Waals surface area contributed by atoms with Crippen molar-refractivity contribution in [1.82, 2.24) is 19.6 Å². The first-order valence-electron chi connectivity index (χ1n) is 18.2. The number of rotatable bonds is 7. The number of hydrogen-bond acceptors (Lipinski definition) is 4. The summed E-state index contributed by atoms with van der Waals surface area (Å²) in [4.78, 5) is 12.0. The van der Waals surface area contributed by atoms with Crippen molar-refractivity contribution in [3.63, 3.8) is 0 Å². The summed E-state index contributed by atoms with van der Waals surface area (Å²) in [7, 11) is 0. The minimum Gasteiger partial charge on any atom is -1.00 e. The minimum atomic E-state index is 0. The van der Waals surface area contributed by atoms with Gasteiger partial charge >= 0.3 is 19.5 Å². The van der Waals surface area contributed by atoms with Gasteiger partial charge < -0.3 is 44.4 Å². The number of halogens is 2. The van der Waals surface area contributed by atoms with E-state index in [2.05, 4.69) is 49.9 Å². The summed E-state index contributed by atoms with van der Waals surface area (Å²) in [6.45, 7) is 5.00. The number of hydrogen-bond donors (Lipinski definition) is 0. The molecule has 1 aromatic rings. The molecule has 0 unspecified atom stereocenters. The Kier molecular flexibility index (Phi) is 15.3. The van der Waals surface area contributed by atoms with Gasteiger partial charge in [-0.15, -0.1) is 0 Å². The van der Waals surface area contributed by atoms with Crippen LogP contribution in [0.3, 0.4) is 0 Å². The molecule has 0 aromatic heterocycles. The van der Waals surface area contributed by atoms with Crippen molar-refractivity contribution in [3.8, 4) is 0 Å². The molecular formula is C37H58Cl2N4Ru. The van der Waals surface area contributed by atoms with E-state index in [0.29, 0.717) is 5.92 Å². The molecule has 6 fully saturated rings. The molecule has 2 aliphatic heterocycles. The van der Waals surface area contributed by atoms with E-state index in [9.17, 15) is 0 Å². The Bertz CT molecular complexity index is 823. The van der Waals surface area contributed by atoms with Crippen molar-refractivity contribution >= 4 is 0 Å². The second-order valence-corrected chi connectivity index (χ2v) is 14.5. The molecule has 0 N–H and O–H groups in total. The van der Waals surface area contributed by atoms with Gasteiger partial charge in [-0.3, -0.25) is 0 Å². The van der Waals surface area contributed by atoms with Crippen LogP contribution in [0.25, 0.3) is 0 Å². The van der Waals surface area contributed by atoms with E-state index in [-0.39, 0.29) is 44.3 Å². The van der Waals surface area contributed by atoms with Crippen LogP contribution in [0.1, 0.15) is 140 Å². The average Bonchev–Trinajstić information content (AvgIpc) is 3.69. The van der Waals surface area contributed by atoms with Crippen LogP contribution in [-0.2, 0) is 19.5 Å². The summed E-state index contributed by atoms with van der Waals surface area (Å²) in [5.41, 5.74) is 1.56. The largest absolute Gasteiger partial charge is 4.00 e. The van der Waals surface area contributed by atoms with Crippen LogP contribution in [-0.4, -0.2) is 69.9 Å². The third-order valence-electron chi connectivity index (χ3n) is 12.1. The Balaban J connectivity index is 0.00000147. The number of benzene rings is 1. The molecule has 4 saturated carbocycles. The molecule has 7 heteroatoms. The first kappa shape index (κ1) is 37.1. The molecule has 4 aliphatic carbocycles. The Morgan fingerprint density at radius 1 is 0.432 bits per heavy atom.